The molecule has 0 bridgehead atoms. The molecule has 0 aliphatic carbocycles. The van der Waals surface area contributed by atoms with E-state index >= 15 is 0 Å². The van der Waals surface area contributed by atoms with Crippen LogP contribution in [0.4, 0.5) is 5.69 Å². The lowest BCUT2D eigenvalue weighted by Crippen LogP contribution is -2.15. The summed E-state index contributed by atoms with van der Waals surface area (Å²) in [5.74, 6) is -1.03. The maximum Gasteiger partial charge on any atom is 0.341 e. The van der Waals surface area contributed by atoms with Gasteiger partial charge in [-0.2, -0.15) is 0 Å². The lowest BCUT2D eigenvalue weighted by Gasteiger charge is -2.18. The summed E-state index contributed by atoms with van der Waals surface area (Å²) >= 11 is 0. The predicted molar refractivity (Wildman–Crippen MR) is 59.7 cm³/mol. The van der Waals surface area contributed by atoms with Crippen LogP contribution in [0.5, 0.6) is 5.75 Å². The third-order valence-corrected chi connectivity index (χ3v) is 2.19. The molecule has 0 unspecified atom stereocenters. The van der Waals surface area contributed by atoms with E-state index in [1.54, 1.807) is 25.1 Å². The Labute approximate surface area is 93.2 Å². The van der Waals surface area contributed by atoms with Gasteiger partial charge < -0.3 is 14.7 Å². The number of carbonyl (C=O) groups excluding carboxylic acids is 1. The van der Waals surface area contributed by atoms with Crippen molar-refractivity contribution in [2.24, 2.45) is 0 Å². The largest absolute Gasteiger partial charge is 0.495 e. The number of anilines is 1. The van der Waals surface area contributed by atoms with E-state index in [4.69, 9.17) is 9.84 Å². The van der Waals surface area contributed by atoms with Crippen molar-refractivity contribution in [1.29, 1.82) is 0 Å². The van der Waals surface area contributed by atoms with E-state index in [-0.39, 0.29) is 16.9 Å². The van der Waals surface area contributed by atoms with E-state index in [0.717, 1.165) is 0 Å². The summed E-state index contributed by atoms with van der Waals surface area (Å²) in [5.41, 5.74) is 0.720. The van der Waals surface area contributed by atoms with Crippen molar-refractivity contribution in [3.8, 4) is 5.75 Å². The maximum atomic E-state index is 11.2. The van der Waals surface area contributed by atoms with Gasteiger partial charge in [-0.25, -0.2) is 4.79 Å². The van der Waals surface area contributed by atoms with Gasteiger partial charge in [-0.05, 0) is 12.1 Å². The highest BCUT2D eigenvalue weighted by Crippen LogP contribution is 2.31. The number of aromatic carboxylic acids is 1. The fraction of sp³-hybridized carbons (Fsp3) is 0.273. The average Bonchev–Trinajstić information content (AvgIpc) is 2.26. The van der Waals surface area contributed by atoms with Gasteiger partial charge >= 0.3 is 5.97 Å². The van der Waals surface area contributed by atoms with Crippen LogP contribution >= 0.6 is 0 Å². The molecule has 0 aliphatic rings. The lowest BCUT2D eigenvalue weighted by atomic mass is 10.1. The van der Waals surface area contributed by atoms with E-state index in [1.165, 1.54) is 13.2 Å². The van der Waals surface area contributed by atoms with Crippen molar-refractivity contribution in [2.45, 2.75) is 0 Å². The van der Waals surface area contributed by atoms with Gasteiger partial charge in [0.1, 0.15) is 11.3 Å². The molecule has 0 spiro atoms. The number of carbonyl (C=O) groups is 2. The van der Waals surface area contributed by atoms with Gasteiger partial charge in [0, 0.05) is 14.1 Å². The molecule has 0 aromatic heterocycles. The topological polar surface area (TPSA) is 66.8 Å². The summed E-state index contributed by atoms with van der Waals surface area (Å²) < 4.78 is 4.98. The van der Waals surface area contributed by atoms with Crippen molar-refractivity contribution in [2.75, 3.05) is 26.1 Å². The number of aldehydes is 1. The molecular weight excluding hydrogens is 210 g/mol. The molecule has 5 nitrogen and oxygen atoms in total. The second kappa shape index (κ2) is 4.65. The fourth-order valence-electron chi connectivity index (χ4n) is 1.48. The van der Waals surface area contributed by atoms with Crippen molar-refractivity contribution < 1.29 is 19.4 Å². The van der Waals surface area contributed by atoms with Gasteiger partial charge in [0.15, 0.2) is 6.29 Å². The Morgan fingerprint density at radius 1 is 1.44 bits per heavy atom. The SMILES string of the molecule is COc1c(C=O)ccc(N(C)C)c1C(=O)O. The minimum Gasteiger partial charge on any atom is -0.495 e. The molecule has 1 N–H and O–H groups in total. The molecule has 5 heteroatoms. The number of rotatable bonds is 4. The van der Waals surface area contributed by atoms with E-state index < -0.39 is 5.97 Å². The standard InChI is InChI=1S/C11H13NO4/c1-12(2)8-5-4-7(6-13)10(16-3)9(8)11(14)15/h4-6H,1-3H3,(H,14,15). The van der Waals surface area contributed by atoms with Gasteiger partial charge in [0.05, 0.1) is 18.4 Å². The van der Waals surface area contributed by atoms with Gasteiger partial charge in [-0.1, -0.05) is 0 Å². The second-order valence-electron chi connectivity index (χ2n) is 3.40. The first-order chi connectivity index (χ1) is 7.52. The molecule has 0 heterocycles. The van der Waals surface area contributed by atoms with E-state index in [1.807, 2.05) is 0 Å². The van der Waals surface area contributed by atoms with E-state index in [2.05, 4.69) is 0 Å². The highest BCUT2D eigenvalue weighted by Gasteiger charge is 2.20. The monoisotopic (exact) mass is 223 g/mol. The van der Waals surface area contributed by atoms with Crippen LogP contribution < -0.4 is 9.64 Å². The van der Waals surface area contributed by atoms with Crippen molar-refractivity contribution >= 4 is 17.9 Å². The molecule has 1 rings (SSSR count). The van der Waals surface area contributed by atoms with Crippen LogP contribution in [-0.4, -0.2) is 38.6 Å². The minimum atomic E-state index is -1.12. The van der Waals surface area contributed by atoms with Crippen LogP contribution in [0.3, 0.4) is 0 Å². The van der Waals surface area contributed by atoms with Crippen molar-refractivity contribution in [1.82, 2.24) is 0 Å². The number of nitrogens with zero attached hydrogens (tertiary/aromatic N) is 1. The van der Waals surface area contributed by atoms with Gasteiger partial charge in [0.2, 0.25) is 0 Å². The number of hydrogen-bond donors (Lipinski definition) is 1. The smallest absolute Gasteiger partial charge is 0.341 e. The quantitative estimate of drug-likeness (QED) is 0.778. The number of carboxylic acids is 1. The molecule has 1 aromatic rings. The van der Waals surface area contributed by atoms with E-state index in [0.29, 0.717) is 12.0 Å². The summed E-state index contributed by atoms with van der Waals surface area (Å²) in [6.45, 7) is 0. The van der Waals surface area contributed by atoms with Crippen LogP contribution in [-0.2, 0) is 0 Å². The molecule has 86 valence electrons. The molecule has 1 aromatic carbocycles. The summed E-state index contributed by atoms with van der Waals surface area (Å²) in [4.78, 5) is 23.6. The number of carboxylic acid groups (broad SMARTS) is 1. The molecule has 0 radical (unpaired) electrons. The highest BCUT2D eigenvalue weighted by molar-refractivity contribution is 6.01. The average molecular weight is 223 g/mol. The normalized spacial score (nSPS) is 9.69. The zero-order valence-corrected chi connectivity index (χ0v) is 9.35. The number of methoxy groups -OCH3 is 1. The molecule has 0 saturated heterocycles. The first-order valence-corrected chi connectivity index (χ1v) is 4.59. The number of hydrogen-bond acceptors (Lipinski definition) is 4. The molecule has 0 amide bonds. The Morgan fingerprint density at radius 3 is 2.44 bits per heavy atom. The first kappa shape index (κ1) is 12.0. The van der Waals surface area contributed by atoms with Crippen LogP contribution in [0.15, 0.2) is 12.1 Å². The Kier molecular flexibility index (Phi) is 3.50. The van der Waals surface area contributed by atoms with Crippen LogP contribution in [0.1, 0.15) is 20.7 Å². The Bertz CT molecular complexity index is 426. The van der Waals surface area contributed by atoms with Gasteiger partial charge in [-0.3, -0.25) is 4.79 Å². The zero-order valence-electron chi connectivity index (χ0n) is 9.35. The number of benzene rings is 1. The third-order valence-electron chi connectivity index (χ3n) is 2.19. The Morgan fingerprint density at radius 2 is 2.06 bits per heavy atom. The highest BCUT2D eigenvalue weighted by atomic mass is 16.5. The number of ether oxygens (including phenoxy) is 1. The summed E-state index contributed by atoms with van der Waals surface area (Å²) in [6.07, 6.45) is 0.574. The third kappa shape index (κ3) is 1.98. The van der Waals surface area contributed by atoms with Crippen LogP contribution in [0.2, 0.25) is 0 Å². The molecule has 0 atom stereocenters. The summed E-state index contributed by atoms with van der Waals surface area (Å²) in [6, 6.07) is 3.11. The first-order valence-electron chi connectivity index (χ1n) is 4.59. The van der Waals surface area contributed by atoms with Gasteiger partial charge in [0.25, 0.3) is 0 Å². The lowest BCUT2D eigenvalue weighted by molar-refractivity contribution is 0.0694. The minimum absolute atomic E-state index is 0.00269. The molecule has 0 fully saturated rings. The zero-order chi connectivity index (χ0) is 12.3. The predicted octanol–water partition coefficient (Wildman–Crippen LogP) is 1.27. The second-order valence-corrected chi connectivity index (χ2v) is 3.40. The van der Waals surface area contributed by atoms with Gasteiger partial charge in [-0.15, -0.1) is 0 Å². The van der Waals surface area contributed by atoms with Crippen molar-refractivity contribution in [3.05, 3.63) is 23.3 Å². The molecular formula is C11H13NO4. The Balaban J connectivity index is 3.56. The molecule has 0 aliphatic heterocycles. The van der Waals surface area contributed by atoms with Crippen molar-refractivity contribution in [3.63, 3.8) is 0 Å². The summed E-state index contributed by atoms with van der Waals surface area (Å²) in [7, 11) is 4.79. The van der Waals surface area contributed by atoms with Crippen LogP contribution in [0.25, 0.3) is 0 Å². The molecule has 16 heavy (non-hydrogen) atoms. The Hall–Kier alpha value is -2.04. The molecule has 0 saturated carbocycles. The summed E-state index contributed by atoms with van der Waals surface area (Å²) in [5, 5.41) is 9.12. The maximum absolute atomic E-state index is 11.2. The van der Waals surface area contributed by atoms with Crippen LogP contribution in [0, 0.1) is 0 Å². The fourth-order valence-corrected chi connectivity index (χ4v) is 1.48. The van der Waals surface area contributed by atoms with E-state index in [9.17, 15) is 9.59 Å².